The van der Waals surface area contributed by atoms with Gasteiger partial charge in [-0.25, -0.2) is 0 Å². The molecule has 1 heterocycles. The Hall–Kier alpha value is -1.31. The molecule has 1 aromatic rings. The summed E-state index contributed by atoms with van der Waals surface area (Å²) in [5, 5.41) is 3.04. The van der Waals surface area contributed by atoms with Crippen molar-refractivity contribution in [1.29, 1.82) is 0 Å². The van der Waals surface area contributed by atoms with E-state index in [0.717, 1.165) is 19.3 Å². The van der Waals surface area contributed by atoms with E-state index in [1.807, 2.05) is 0 Å². The summed E-state index contributed by atoms with van der Waals surface area (Å²) in [6.45, 7) is 2.09. The van der Waals surface area contributed by atoms with E-state index < -0.39 is 0 Å². The monoisotopic (exact) mass is 203 g/mol. The van der Waals surface area contributed by atoms with Gasteiger partial charge in [0, 0.05) is 12.5 Å². The second-order valence-corrected chi connectivity index (χ2v) is 4.35. The highest BCUT2D eigenvalue weighted by atomic mass is 16.1. The summed E-state index contributed by atoms with van der Waals surface area (Å²) >= 11 is 0. The molecule has 1 aromatic carbocycles. The molecule has 1 amide bonds. The molecule has 1 unspecified atom stereocenters. The van der Waals surface area contributed by atoms with Gasteiger partial charge in [0.15, 0.2) is 0 Å². The fourth-order valence-corrected chi connectivity index (χ4v) is 2.04. The summed E-state index contributed by atoms with van der Waals surface area (Å²) < 4.78 is 0. The molecular formula is C13H17NO. The minimum Gasteiger partial charge on any atom is -0.353 e. The standard InChI is InChI=1S/C13H17NO/c1-10-5-7-11(8-6-10)9-12-3-2-4-13(15)14-12/h5-8,12H,2-4,9H2,1H3,(H,14,15). The van der Waals surface area contributed by atoms with Crippen molar-refractivity contribution >= 4 is 5.91 Å². The third-order valence-corrected chi connectivity index (χ3v) is 2.92. The Bertz CT molecular complexity index is 342. The molecule has 1 N–H and O–H groups in total. The Morgan fingerprint density at radius 1 is 1.33 bits per heavy atom. The van der Waals surface area contributed by atoms with Crippen molar-refractivity contribution in [3.05, 3.63) is 35.4 Å². The largest absolute Gasteiger partial charge is 0.353 e. The molecule has 15 heavy (non-hydrogen) atoms. The summed E-state index contributed by atoms with van der Waals surface area (Å²) in [5.41, 5.74) is 2.60. The first kappa shape index (κ1) is 10.2. The molecule has 1 aliphatic rings. The number of hydrogen-bond donors (Lipinski definition) is 1. The number of hydrogen-bond acceptors (Lipinski definition) is 1. The fraction of sp³-hybridized carbons (Fsp3) is 0.462. The Labute approximate surface area is 90.7 Å². The van der Waals surface area contributed by atoms with Crippen LogP contribution in [-0.2, 0) is 11.2 Å². The van der Waals surface area contributed by atoms with Crippen LogP contribution in [0.2, 0.25) is 0 Å². The van der Waals surface area contributed by atoms with E-state index in [0.29, 0.717) is 12.5 Å². The molecule has 0 radical (unpaired) electrons. The van der Waals surface area contributed by atoms with Crippen molar-refractivity contribution < 1.29 is 4.79 Å². The van der Waals surface area contributed by atoms with E-state index >= 15 is 0 Å². The van der Waals surface area contributed by atoms with Gasteiger partial charge >= 0.3 is 0 Å². The predicted octanol–water partition coefficient (Wildman–Crippen LogP) is 2.21. The van der Waals surface area contributed by atoms with E-state index in [2.05, 4.69) is 36.5 Å². The lowest BCUT2D eigenvalue weighted by atomic mass is 9.97. The smallest absolute Gasteiger partial charge is 0.220 e. The van der Waals surface area contributed by atoms with Crippen molar-refractivity contribution in [1.82, 2.24) is 5.32 Å². The number of amides is 1. The molecule has 2 nitrogen and oxygen atoms in total. The third-order valence-electron chi connectivity index (χ3n) is 2.92. The molecule has 80 valence electrons. The fourth-order valence-electron chi connectivity index (χ4n) is 2.04. The van der Waals surface area contributed by atoms with Crippen LogP contribution in [-0.4, -0.2) is 11.9 Å². The Morgan fingerprint density at radius 3 is 2.73 bits per heavy atom. The molecule has 0 aliphatic carbocycles. The van der Waals surface area contributed by atoms with Crippen LogP contribution in [0.5, 0.6) is 0 Å². The van der Waals surface area contributed by atoms with Crippen LogP contribution in [0.4, 0.5) is 0 Å². The molecule has 0 aromatic heterocycles. The van der Waals surface area contributed by atoms with E-state index in [4.69, 9.17) is 0 Å². The first-order valence-corrected chi connectivity index (χ1v) is 5.59. The highest BCUT2D eigenvalue weighted by molar-refractivity contribution is 5.76. The van der Waals surface area contributed by atoms with Gasteiger partial charge in [-0.2, -0.15) is 0 Å². The molecule has 1 saturated heterocycles. The van der Waals surface area contributed by atoms with Crippen LogP contribution in [0.1, 0.15) is 30.4 Å². The number of benzene rings is 1. The Balaban J connectivity index is 1.96. The maximum atomic E-state index is 11.2. The molecule has 0 saturated carbocycles. The van der Waals surface area contributed by atoms with E-state index in [1.165, 1.54) is 11.1 Å². The Morgan fingerprint density at radius 2 is 2.07 bits per heavy atom. The normalized spacial score (nSPS) is 21.1. The van der Waals surface area contributed by atoms with E-state index in [1.54, 1.807) is 0 Å². The number of aryl methyl sites for hydroxylation is 1. The summed E-state index contributed by atoms with van der Waals surface area (Å²) in [6.07, 6.45) is 3.80. The van der Waals surface area contributed by atoms with Gasteiger partial charge in [-0.3, -0.25) is 4.79 Å². The second kappa shape index (κ2) is 4.47. The van der Waals surface area contributed by atoms with Crippen LogP contribution >= 0.6 is 0 Å². The lowest BCUT2D eigenvalue weighted by Gasteiger charge is -2.23. The zero-order chi connectivity index (χ0) is 10.7. The maximum absolute atomic E-state index is 11.2. The quantitative estimate of drug-likeness (QED) is 0.784. The first-order valence-electron chi connectivity index (χ1n) is 5.59. The van der Waals surface area contributed by atoms with Crippen molar-refractivity contribution in [3.63, 3.8) is 0 Å². The third kappa shape index (κ3) is 2.82. The van der Waals surface area contributed by atoms with Crippen molar-refractivity contribution in [2.24, 2.45) is 0 Å². The number of nitrogens with one attached hydrogen (secondary N) is 1. The number of rotatable bonds is 2. The molecule has 1 atom stereocenters. The van der Waals surface area contributed by atoms with Crippen LogP contribution in [0.3, 0.4) is 0 Å². The van der Waals surface area contributed by atoms with Crippen molar-refractivity contribution in [2.45, 2.75) is 38.6 Å². The topological polar surface area (TPSA) is 29.1 Å². The van der Waals surface area contributed by atoms with E-state index in [-0.39, 0.29) is 5.91 Å². The Kier molecular flexibility index (Phi) is 3.05. The van der Waals surface area contributed by atoms with Crippen molar-refractivity contribution in [2.75, 3.05) is 0 Å². The molecule has 2 rings (SSSR count). The minimum absolute atomic E-state index is 0.207. The van der Waals surface area contributed by atoms with Gasteiger partial charge in [-0.1, -0.05) is 29.8 Å². The lowest BCUT2D eigenvalue weighted by Crippen LogP contribution is -2.39. The molecule has 0 spiro atoms. The van der Waals surface area contributed by atoms with Crippen LogP contribution in [0, 0.1) is 6.92 Å². The van der Waals surface area contributed by atoms with Gasteiger partial charge < -0.3 is 5.32 Å². The first-order chi connectivity index (χ1) is 7.24. The minimum atomic E-state index is 0.207. The molecule has 1 aliphatic heterocycles. The number of carbonyl (C=O) groups is 1. The average Bonchev–Trinajstić information content (AvgIpc) is 2.22. The zero-order valence-electron chi connectivity index (χ0n) is 9.12. The predicted molar refractivity (Wildman–Crippen MR) is 60.7 cm³/mol. The summed E-state index contributed by atoms with van der Waals surface area (Å²) in [5.74, 6) is 0.207. The van der Waals surface area contributed by atoms with Gasteiger partial charge in [0.2, 0.25) is 5.91 Å². The number of carbonyl (C=O) groups excluding carboxylic acids is 1. The average molecular weight is 203 g/mol. The SMILES string of the molecule is Cc1ccc(CC2CCCC(=O)N2)cc1. The lowest BCUT2D eigenvalue weighted by molar-refractivity contribution is -0.123. The molecule has 2 heteroatoms. The highest BCUT2D eigenvalue weighted by Gasteiger charge is 2.17. The highest BCUT2D eigenvalue weighted by Crippen LogP contribution is 2.13. The second-order valence-electron chi connectivity index (χ2n) is 4.35. The van der Waals surface area contributed by atoms with Gasteiger partial charge in [0.1, 0.15) is 0 Å². The van der Waals surface area contributed by atoms with Gasteiger partial charge in [0.25, 0.3) is 0 Å². The van der Waals surface area contributed by atoms with Gasteiger partial charge in [0.05, 0.1) is 0 Å². The molecular weight excluding hydrogens is 186 g/mol. The van der Waals surface area contributed by atoms with Crippen molar-refractivity contribution in [3.8, 4) is 0 Å². The summed E-state index contributed by atoms with van der Waals surface area (Å²) in [6, 6.07) is 8.89. The maximum Gasteiger partial charge on any atom is 0.220 e. The summed E-state index contributed by atoms with van der Waals surface area (Å²) in [7, 11) is 0. The van der Waals surface area contributed by atoms with Crippen LogP contribution in [0.15, 0.2) is 24.3 Å². The van der Waals surface area contributed by atoms with Crippen LogP contribution < -0.4 is 5.32 Å². The molecule has 0 bridgehead atoms. The zero-order valence-corrected chi connectivity index (χ0v) is 9.12. The van der Waals surface area contributed by atoms with Gasteiger partial charge in [-0.15, -0.1) is 0 Å². The summed E-state index contributed by atoms with van der Waals surface area (Å²) in [4.78, 5) is 11.2. The van der Waals surface area contributed by atoms with Gasteiger partial charge in [-0.05, 0) is 31.7 Å². The van der Waals surface area contributed by atoms with Crippen LogP contribution in [0.25, 0.3) is 0 Å². The molecule has 1 fully saturated rings. The number of piperidine rings is 1. The van der Waals surface area contributed by atoms with E-state index in [9.17, 15) is 4.79 Å².